The van der Waals surface area contributed by atoms with Crippen molar-refractivity contribution in [3.8, 4) is 0 Å². The molecule has 2 aromatic rings. The van der Waals surface area contributed by atoms with Gasteiger partial charge in [0.05, 0.1) is 25.3 Å². The summed E-state index contributed by atoms with van der Waals surface area (Å²) in [6.45, 7) is 0. The van der Waals surface area contributed by atoms with Gasteiger partial charge in [-0.1, -0.05) is 21.6 Å². The topological polar surface area (TPSA) is 52.6 Å². The Morgan fingerprint density at radius 1 is 0.850 bits per heavy atom. The Balaban J connectivity index is 2.10. The molecule has 0 unspecified atom stereocenters. The van der Waals surface area contributed by atoms with Crippen LogP contribution in [-0.4, -0.2) is 26.2 Å². The van der Waals surface area contributed by atoms with Crippen molar-refractivity contribution >= 4 is 56.2 Å². The summed E-state index contributed by atoms with van der Waals surface area (Å²) in [5.74, 6) is -0.708. The van der Waals surface area contributed by atoms with E-state index in [1.165, 1.54) is 58.5 Å². The van der Waals surface area contributed by atoms with E-state index in [0.29, 0.717) is 11.1 Å². The summed E-state index contributed by atoms with van der Waals surface area (Å²) in [6, 6.07) is 0. The van der Waals surface area contributed by atoms with Gasteiger partial charge in [0.2, 0.25) is 0 Å². The molecule has 0 N–H and O–H groups in total. The molecule has 0 amide bonds. The molecule has 0 atom stereocenters. The summed E-state index contributed by atoms with van der Waals surface area (Å²) in [6.07, 6.45) is 0. The van der Waals surface area contributed by atoms with Gasteiger partial charge in [0.15, 0.2) is 0 Å². The first kappa shape index (κ1) is 15.4. The molecule has 4 nitrogen and oxygen atoms in total. The lowest BCUT2D eigenvalue weighted by atomic mass is 10.3. The predicted octanol–water partition coefficient (Wildman–Crippen LogP) is 4.18. The number of carbonyl (C=O) groups excluding carboxylic acids is 2. The lowest BCUT2D eigenvalue weighted by Crippen LogP contribution is -2.00. The first-order valence-electron chi connectivity index (χ1n) is 5.31. The molecule has 106 valence electrons. The van der Waals surface area contributed by atoms with Crippen LogP contribution in [0.15, 0.2) is 31.3 Å². The van der Waals surface area contributed by atoms with Crippen molar-refractivity contribution in [2.24, 2.45) is 0 Å². The van der Waals surface area contributed by atoms with Gasteiger partial charge in [-0.25, -0.2) is 9.59 Å². The van der Waals surface area contributed by atoms with E-state index in [1.54, 1.807) is 10.8 Å². The Hall–Kier alpha value is -0.960. The molecule has 0 radical (unpaired) electrons. The summed E-state index contributed by atoms with van der Waals surface area (Å²) in [7, 11) is 5.56. The van der Waals surface area contributed by atoms with E-state index in [9.17, 15) is 9.59 Å². The maximum Gasteiger partial charge on any atom is 0.339 e. The van der Waals surface area contributed by atoms with Crippen LogP contribution in [0.2, 0.25) is 0 Å². The lowest BCUT2D eigenvalue weighted by molar-refractivity contribution is 0.0588. The van der Waals surface area contributed by atoms with Gasteiger partial charge in [-0.05, 0) is 0 Å². The molecule has 0 bridgehead atoms. The average molecular weight is 346 g/mol. The van der Waals surface area contributed by atoms with Crippen LogP contribution in [0.1, 0.15) is 20.7 Å². The number of thiophene rings is 2. The number of rotatable bonds is 5. The van der Waals surface area contributed by atoms with Gasteiger partial charge in [0.25, 0.3) is 0 Å². The number of esters is 2. The Kier molecular flexibility index (Phi) is 5.53. The second-order valence-electron chi connectivity index (χ2n) is 3.45. The van der Waals surface area contributed by atoms with Gasteiger partial charge in [-0.3, -0.25) is 0 Å². The number of hydrogen-bond acceptors (Lipinski definition) is 8. The van der Waals surface area contributed by atoms with E-state index in [2.05, 4.69) is 0 Å². The molecule has 20 heavy (non-hydrogen) atoms. The molecule has 8 heteroatoms. The summed E-state index contributed by atoms with van der Waals surface area (Å²) in [5, 5.41) is 7.27. The van der Waals surface area contributed by atoms with E-state index in [4.69, 9.17) is 9.47 Å². The van der Waals surface area contributed by atoms with E-state index in [-0.39, 0.29) is 11.9 Å². The zero-order valence-corrected chi connectivity index (χ0v) is 13.8. The van der Waals surface area contributed by atoms with Crippen molar-refractivity contribution in [2.75, 3.05) is 14.2 Å². The molecule has 0 aliphatic heterocycles. The monoisotopic (exact) mass is 346 g/mol. The van der Waals surface area contributed by atoms with Gasteiger partial charge in [-0.2, -0.15) is 22.7 Å². The molecule has 0 saturated heterocycles. The molecule has 2 heterocycles. The minimum absolute atomic E-state index is 0.354. The molecule has 2 rings (SSSR count). The minimum Gasteiger partial charge on any atom is -0.465 e. The smallest absolute Gasteiger partial charge is 0.339 e. The van der Waals surface area contributed by atoms with Crippen molar-refractivity contribution < 1.29 is 19.1 Å². The third-order valence-corrected chi connectivity index (χ3v) is 6.52. The van der Waals surface area contributed by atoms with Crippen LogP contribution in [0.5, 0.6) is 0 Å². The van der Waals surface area contributed by atoms with Crippen LogP contribution in [0.4, 0.5) is 0 Å². The molecule has 0 saturated carbocycles. The fourth-order valence-corrected chi connectivity index (χ4v) is 5.89. The second-order valence-corrected chi connectivity index (χ2v) is 7.15. The van der Waals surface area contributed by atoms with Crippen LogP contribution in [0.25, 0.3) is 0 Å². The van der Waals surface area contributed by atoms with Crippen molar-refractivity contribution in [1.29, 1.82) is 0 Å². The van der Waals surface area contributed by atoms with Crippen LogP contribution in [0.3, 0.4) is 0 Å². The first-order chi connectivity index (χ1) is 9.67. The fourth-order valence-electron chi connectivity index (χ4n) is 1.31. The van der Waals surface area contributed by atoms with E-state index in [1.807, 2.05) is 10.8 Å². The SMILES string of the molecule is COC(=O)c1cscc1SSc1cscc1C(=O)OC. The average Bonchev–Trinajstić information content (AvgIpc) is 3.11. The Labute approximate surface area is 131 Å². The fraction of sp³-hybridized carbons (Fsp3) is 0.167. The maximum atomic E-state index is 11.6. The minimum atomic E-state index is -0.354. The number of hydrogen-bond donors (Lipinski definition) is 0. The summed E-state index contributed by atoms with van der Waals surface area (Å²) < 4.78 is 9.45. The third kappa shape index (κ3) is 3.38. The third-order valence-electron chi connectivity index (χ3n) is 2.28. The highest BCUT2D eigenvalue weighted by Gasteiger charge is 2.17. The van der Waals surface area contributed by atoms with Crippen molar-refractivity contribution in [3.05, 3.63) is 32.6 Å². The molecule has 0 aromatic carbocycles. The molecule has 2 aromatic heterocycles. The quantitative estimate of drug-likeness (QED) is 0.598. The molecule has 0 aliphatic carbocycles. The highest BCUT2D eigenvalue weighted by atomic mass is 33.1. The summed E-state index contributed by atoms with van der Waals surface area (Å²) in [4.78, 5) is 24.8. The molecular formula is C12H10O4S4. The second kappa shape index (κ2) is 7.16. The Morgan fingerprint density at radius 2 is 1.25 bits per heavy atom. The van der Waals surface area contributed by atoms with Gasteiger partial charge in [0, 0.05) is 31.3 Å². The lowest BCUT2D eigenvalue weighted by Gasteiger charge is -2.03. The maximum absolute atomic E-state index is 11.6. The predicted molar refractivity (Wildman–Crippen MR) is 83.0 cm³/mol. The number of carbonyl (C=O) groups is 2. The van der Waals surface area contributed by atoms with Crippen molar-refractivity contribution in [2.45, 2.75) is 9.79 Å². The summed E-state index contributed by atoms with van der Waals surface area (Å²) in [5.41, 5.74) is 1.09. The van der Waals surface area contributed by atoms with E-state index < -0.39 is 0 Å². The van der Waals surface area contributed by atoms with Crippen molar-refractivity contribution in [3.63, 3.8) is 0 Å². The van der Waals surface area contributed by atoms with Gasteiger partial charge < -0.3 is 9.47 Å². The van der Waals surface area contributed by atoms with Crippen LogP contribution < -0.4 is 0 Å². The van der Waals surface area contributed by atoms with Gasteiger partial charge >= 0.3 is 11.9 Å². The molecule has 0 aliphatic rings. The van der Waals surface area contributed by atoms with E-state index in [0.717, 1.165) is 9.79 Å². The van der Waals surface area contributed by atoms with Crippen LogP contribution >= 0.6 is 44.3 Å². The van der Waals surface area contributed by atoms with Crippen molar-refractivity contribution in [1.82, 2.24) is 0 Å². The van der Waals surface area contributed by atoms with E-state index >= 15 is 0 Å². The Bertz CT molecular complexity index is 562. The highest BCUT2D eigenvalue weighted by molar-refractivity contribution is 8.76. The molecular weight excluding hydrogens is 336 g/mol. The summed E-state index contributed by atoms with van der Waals surface area (Å²) >= 11 is 2.88. The zero-order valence-electron chi connectivity index (χ0n) is 10.6. The first-order valence-corrected chi connectivity index (χ1v) is 9.34. The zero-order chi connectivity index (χ0) is 14.5. The number of ether oxygens (including phenoxy) is 2. The highest BCUT2D eigenvalue weighted by Crippen LogP contribution is 2.43. The Morgan fingerprint density at radius 3 is 1.60 bits per heavy atom. The van der Waals surface area contributed by atoms with Crippen LogP contribution in [0, 0.1) is 0 Å². The molecule has 0 fully saturated rings. The largest absolute Gasteiger partial charge is 0.465 e. The van der Waals surface area contributed by atoms with Crippen LogP contribution in [-0.2, 0) is 9.47 Å². The standard InChI is InChI=1S/C12H10O4S4/c1-15-11(13)7-3-17-5-9(7)19-20-10-6-18-4-8(10)12(14)16-2/h3-6H,1-2H3. The normalized spacial score (nSPS) is 10.3. The number of methoxy groups -OCH3 is 2. The molecule has 0 spiro atoms. The van der Waals surface area contributed by atoms with Gasteiger partial charge in [-0.15, -0.1) is 0 Å². The van der Waals surface area contributed by atoms with Gasteiger partial charge in [0.1, 0.15) is 0 Å².